The van der Waals surface area contributed by atoms with Crippen LogP contribution in [0, 0.1) is 13.8 Å². The summed E-state index contributed by atoms with van der Waals surface area (Å²) in [5.41, 5.74) is 7.95. The topological polar surface area (TPSA) is 91.7 Å². The molecular formula is C20H25N4O3+. The average molecular weight is 369 g/mol. The molecule has 0 radical (unpaired) electrons. The Balaban J connectivity index is 1.77. The van der Waals surface area contributed by atoms with Crippen LogP contribution in [-0.4, -0.2) is 37.9 Å². The van der Waals surface area contributed by atoms with Crippen molar-refractivity contribution in [1.82, 2.24) is 10.9 Å². The van der Waals surface area contributed by atoms with Crippen LogP contribution >= 0.6 is 0 Å². The molecule has 0 spiro atoms. The lowest BCUT2D eigenvalue weighted by Gasteiger charge is -2.15. The van der Waals surface area contributed by atoms with E-state index in [1.807, 2.05) is 32.0 Å². The minimum absolute atomic E-state index is 0.0508. The molecule has 27 heavy (non-hydrogen) atoms. The number of carbonyl (C=O) groups is 3. The van der Waals surface area contributed by atoms with Crippen LogP contribution in [-0.2, 0) is 9.59 Å². The van der Waals surface area contributed by atoms with Gasteiger partial charge in [-0.3, -0.25) is 25.2 Å². The molecule has 0 heterocycles. The van der Waals surface area contributed by atoms with Crippen molar-refractivity contribution in [1.29, 1.82) is 0 Å². The Morgan fingerprint density at radius 3 is 2.04 bits per heavy atom. The quantitative estimate of drug-likeness (QED) is 0.549. The zero-order chi connectivity index (χ0) is 19.8. The average Bonchev–Trinajstić information content (AvgIpc) is 2.63. The lowest BCUT2D eigenvalue weighted by molar-refractivity contribution is -0.862. The fraction of sp³-hybridized carbons (Fsp3) is 0.250. The summed E-state index contributed by atoms with van der Waals surface area (Å²) in [7, 11) is 1.74. The lowest BCUT2D eigenvalue weighted by atomic mass is 10.1. The van der Waals surface area contributed by atoms with Crippen LogP contribution in [0.4, 0.5) is 5.69 Å². The third kappa shape index (κ3) is 6.23. The van der Waals surface area contributed by atoms with E-state index in [0.717, 1.165) is 16.8 Å². The Morgan fingerprint density at radius 1 is 0.815 bits per heavy atom. The number of likely N-dealkylation sites (N-methyl/N-ethyl adjacent to an activating group) is 1. The highest BCUT2D eigenvalue weighted by Gasteiger charge is 2.16. The molecule has 142 valence electrons. The number of quaternary nitrogens is 1. The number of carbonyl (C=O) groups excluding carboxylic acids is 3. The third-order valence-corrected chi connectivity index (χ3v) is 4.02. The van der Waals surface area contributed by atoms with Gasteiger partial charge in [-0.15, -0.1) is 0 Å². The normalized spacial score (nSPS) is 11.4. The summed E-state index contributed by atoms with van der Waals surface area (Å²) < 4.78 is 0. The number of hydrogen-bond donors (Lipinski definition) is 4. The Bertz CT molecular complexity index is 801. The summed E-state index contributed by atoms with van der Waals surface area (Å²) in [4.78, 5) is 36.8. The molecule has 0 aliphatic carbocycles. The summed E-state index contributed by atoms with van der Waals surface area (Å²) in [5, 5.41) is 2.89. The van der Waals surface area contributed by atoms with Crippen LogP contribution in [0.15, 0.2) is 48.5 Å². The molecule has 7 nitrogen and oxygen atoms in total. The first-order valence-electron chi connectivity index (χ1n) is 8.68. The van der Waals surface area contributed by atoms with Gasteiger partial charge in [0.2, 0.25) is 0 Å². The molecule has 0 saturated carbocycles. The van der Waals surface area contributed by atoms with E-state index in [2.05, 4.69) is 16.2 Å². The van der Waals surface area contributed by atoms with Crippen molar-refractivity contribution in [3.8, 4) is 0 Å². The van der Waals surface area contributed by atoms with E-state index in [1.54, 1.807) is 37.4 Å². The predicted octanol–water partition coefficient (Wildman–Crippen LogP) is 0.218. The van der Waals surface area contributed by atoms with E-state index in [9.17, 15) is 14.4 Å². The van der Waals surface area contributed by atoms with Crippen LogP contribution < -0.4 is 21.1 Å². The standard InChI is InChI=1S/C20H24N4O3/c1-14-8-7-9-15(2)19(14)21-17(25)12-24(3)13-18(26)22-23-20(27)16-10-5-4-6-11-16/h4-11H,12-13H2,1-3H3,(H,21,25)(H,22,26)(H,23,27)/p+1. The van der Waals surface area contributed by atoms with Crippen molar-refractivity contribution < 1.29 is 19.3 Å². The Hall–Kier alpha value is -3.19. The number of aryl methyl sites for hydroxylation is 2. The number of hydrogen-bond acceptors (Lipinski definition) is 3. The molecule has 1 atom stereocenters. The van der Waals surface area contributed by atoms with Gasteiger partial charge in [-0.2, -0.15) is 0 Å². The monoisotopic (exact) mass is 369 g/mol. The van der Waals surface area contributed by atoms with Crippen molar-refractivity contribution in [2.75, 3.05) is 25.5 Å². The van der Waals surface area contributed by atoms with Crippen molar-refractivity contribution >= 4 is 23.4 Å². The van der Waals surface area contributed by atoms with Gasteiger partial charge in [0, 0.05) is 11.3 Å². The molecular weight excluding hydrogens is 344 g/mol. The van der Waals surface area contributed by atoms with Gasteiger partial charge in [-0.1, -0.05) is 36.4 Å². The van der Waals surface area contributed by atoms with Crippen molar-refractivity contribution in [2.45, 2.75) is 13.8 Å². The van der Waals surface area contributed by atoms with Gasteiger partial charge in [-0.25, -0.2) is 0 Å². The minimum atomic E-state index is -0.394. The number of rotatable bonds is 6. The fourth-order valence-electron chi connectivity index (χ4n) is 2.64. The number of benzene rings is 2. The van der Waals surface area contributed by atoms with Crippen LogP contribution in [0.25, 0.3) is 0 Å². The smallest absolute Gasteiger partial charge is 0.293 e. The number of amides is 3. The molecule has 0 fully saturated rings. The van der Waals surface area contributed by atoms with Gasteiger partial charge in [0.05, 0.1) is 7.05 Å². The van der Waals surface area contributed by atoms with Gasteiger partial charge in [0.1, 0.15) is 0 Å². The molecule has 7 heteroatoms. The van der Waals surface area contributed by atoms with E-state index < -0.39 is 5.91 Å². The van der Waals surface area contributed by atoms with Gasteiger partial charge in [0.15, 0.2) is 13.1 Å². The number of nitrogens with one attached hydrogen (secondary N) is 4. The Morgan fingerprint density at radius 2 is 1.41 bits per heavy atom. The molecule has 1 unspecified atom stereocenters. The molecule has 2 aromatic rings. The highest BCUT2D eigenvalue weighted by molar-refractivity contribution is 5.95. The highest BCUT2D eigenvalue weighted by Crippen LogP contribution is 2.18. The summed E-state index contributed by atoms with van der Waals surface area (Å²) in [6.45, 7) is 4.05. The molecule has 0 saturated heterocycles. The Labute approximate surface area is 158 Å². The minimum Gasteiger partial charge on any atom is -0.322 e. The lowest BCUT2D eigenvalue weighted by Crippen LogP contribution is -3.11. The van der Waals surface area contributed by atoms with Crippen LogP contribution in [0.1, 0.15) is 21.5 Å². The summed E-state index contributed by atoms with van der Waals surface area (Å²) >= 11 is 0. The maximum atomic E-state index is 12.2. The van der Waals surface area contributed by atoms with Gasteiger partial charge >= 0.3 is 0 Å². The summed E-state index contributed by atoms with van der Waals surface area (Å²) in [6, 6.07) is 14.4. The maximum Gasteiger partial charge on any atom is 0.293 e. The zero-order valence-corrected chi connectivity index (χ0v) is 15.8. The van der Waals surface area contributed by atoms with Gasteiger partial charge < -0.3 is 10.2 Å². The maximum absolute atomic E-state index is 12.2. The van der Waals surface area contributed by atoms with Crippen molar-refractivity contribution in [3.63, 3.8) is 0 Å². The SMILES string of the molecule is Cc1cccc(C)c1NC(=O)C[NH+](C)CC(=O)NNC(=O)c1ccccc1. The number of hydrazine groups is 1. The van der Waals surface area contributed by atoms with E-state index >= 15 is 0 Å². The number of para-hydroxylation sites is 1. The summed E-state index contributed by atoms with van der Waals surface area (Å²) in [5.74, 6) is -0.947. The largest absolute Gasteiger partial charge is 0.322 e. The van der Waals surface area contributed by atoms with Crippen molar-refractivity contribution in [3.05, 3.63) is 65.2 Å². The van der Waals surface area contributed by atoms with E-state index in [4.69, 9.17) is 0 Å². The molecule has 2 rings (SSSR count). The van der Waals surface area contributed by atoms with Crippen LogP contribution in [0.3, 0.4) is 0 Å². The predicted molar refractivity (Wildman–Crippen MR) is 103 cm³/mol. The molecule has 3 amide bonds. The first kappa shape index (κ1) is 20.1. The molecule has 0 aromatic heterocycles. The fourth-order valence-corrected chi connectivity index (χ4v) is 2.64. The third-order valence-electron chi connectivity index (χ3n) is 4.02. The second-order valence-corrected chi connectivity index (χ2v) is 6.49. The molecule has 2 aromatic carbocycles. The van der Waals surface area contributed by atoms with E-state index in [-0.39, 0.29) is 24.9 Å². The molecule has 0 aliphatic heterocycles. The van der Waals surface area contributed by atoms with Crippen LogP contribution in [0.2, 0.25) is 0 Å². The molecule has 0 aliphatic rings. The Kier molecular flexibility index (Phi) is 7.08. The van der Waals surface area contributed by atoms with Gasteiger partial charge in [0.25, 0.3) is 17.7 Å². The highest BCUT2D eigenvalue weighted by atomic mass is 16.2. The van der Waals surface area contributed by atoms with E-state index in [0.29, 0.717) is 10.5 Å². The number of anilines is 1. The van der Waals surface area contributed by atoms with Crippen molar-refractivity contribution in [2.24, 2.45) is 0 Å². The zero-order valence-electron chi connectivity index (χ0n) is 15.8. The second kappa shape index (κ2) is 9.49. The van der Waals surface area contributed by atoms with E-state index in [1.165, 1.54) is 0 Å². The molecule has 0 bridgehead atoms. The second-order valence-electron chi connectivity index (χ2n) is 6.49. The van der Waals surface area contributed by atoms with Crippen LogP contribution in [0.5, 0.6) is 0 Å². The van der Waals surface area contributed by atoms with Gasteiger partial charge in [-0.05, 0) is 37.1 Å². The summed E-state index contributed by atoms with van der Waals surface area (Å²) in [6.07, 6.45) is 0. The molecule has 4 N–H and O–H groups in total. The first-order chi connectivity index (χ1) is 12.9. The first-order valence-corrected chi connectivity index (χ1v) is 8.68.